The van der Waals surface area contributed by atoms with Crippen LogP contribution in [0.15, 0.2) is 48.5 Å². The van der Waals surface area contributed by atoms with Crippen molar-refractivity contribution in [2.24, 2.45) is 5.73 Å². The average molecular weight is 241 g/mol. The Kier molecular flexibility index (Phi) is 4.00. The fraction of sp³-hybridized carbons (Fsp3) is 0.250. The van der Waals surface area contributed by atoms with Crippen LogP contribution in [0.1, 0.15) is 29.7 Å². The van der Waals surface area contributed by atoms with Gasteiger partial charge in [-0.1, -0.05) is 42.5 Å². The van der Waals surface area contributed by atoms with E-state index in [0.717, 1.165) is 16.9 Å². The lowest BCUT2D eigenvalue weighted by Gasteiger charge is -2.12. The van der Waals surface area contributed by atoms with Gasteiger partial charge in [0.2, 0.25) is 0 Å². The van der Waals surface area contributed by atoms with E-state index in [4.69, 9.17) is 10.5 Å². The minimum Gasteiger partial charge on any atom is -0.489 e. The molecular formula is C16H19NO. The Bertz CT molecular complexity index is 506. The van der Waals surface area contributed by atoms with Gasteiger partial charge in [0.05, 0.1) is 0 Å². The van der Waals surface area contributed by atoms with Crippen LogP contribution < -0.4 is 10.5 Å². The second kappa shape index (κ2) is 5.69. The smallest absolute Gasteiger partial charge is 0.123 e. The van der Waals surface area contributed by atoms with Crippen LogP contribution in [0.2, 0.25) is 0 Å². The van der Waals surface area contributed by atoms with Gasteiger partial charge in [0.25, 0.3) is 0 Å². The van der Waals surface area contributed by atoms with Gasteiger partial charge in [0.15, 0.2) is 0 Å². The summed E-state index contributed by atoms with van der Waals surface area (Å²) >= 11 is 0. The van der Waals surface area contributed by atoms with Crippen LogP contribution in [0.4, 0.5) is 0 Å². The van der Waals surface area contributed by atoms with Crippen LogP contribution in [0.5, 0.6) is 5.75 Å². The number of ether oxygens (including phenoxy) is 1. The third-order valence-electron chi connectivity index (χ3n) is 2.98. The molecule has 94 valence electrons. The van der Waals surface area contributed by atoms with Crippen LogP contribution in [0.25, 0.3) is 0 Å². The topological polar surface area (TPSA) is 35.2 Å². The Morgan fingerprint density at radius 3 is 2.50 bits per heavy atom. The van der Waals surface area contributed by atoms with Gasteiger partial charge in [-0.2, -0.15) is 0 Å². The van der Waals surface area contributed by atoms with Crippen molar-refractivity contribution >= 4 is 0 Å². The first-order chi connectivity index (χ1) is 8.66. The lowest BCUT2D eigenvalue weighted by Crippen LogP contribution is -2.06. The third kappa shape index (κ3) is 3.11. The first-order valence-corrected chi connectivity index (χ1v) is 6.19. The Balaban J connectivity index is 2.11. The zero-order valence-corrected chi connectivity index (χ0v) is 10.9. The summed E-state index contributed by atoms with van der Waals surface area (Å²) in [6.45, 7) is 4.61. The number of nitrogens with two attached hydrogens (primary N) is 1. The summed E-state index contributed by atoms with van der Waals surface area (Å²) in [5.41, 5.74) is 9.29. The van der Waals surface area contributed by atoms with Gasteiger partial charge in [-0.05, 0) is 36.6 Å². The van der Waals surface area contributed by atoms with Crippen molar-refractivity contribution in [1.29, 1.82) is 0 Å². The lowest BCUT2D eigenvalue weighted by molar-refractivity contribution is 0.303. The van der Waals surface area contributed by atoms with Gasteiger partial charge in [-0.25, -0.2) is 0 Å². The SMILES string of the molecule is Cc1ccc(C(C)N)cc1OCc1ccccc1. The molecule has 0 bridgehead atoms. The van der Waals surface area contributed by atoms with Crippen LogP contribution in [0.3, 0.4) is 0 Å². The molecule has 0 heterocycles. The highest BCUT2D eigenvalue weighted by molar-refractivity contribution is 5.37. The van der Waals surface area contributed by atoms with Crippen molar-refractivity contribution in [3.05, 3.63) is 65.2 Å². The molecule has 0 aromatic heterocycles. The van der Waals surface area contributed by atoms with E-state index in [0.29, 0.717) is 6.61 Å². The van der Waals surface area contributed by atoms with Crippen molar-refractivity contribution in [1.82, 2.24) is 0 Å². The van der Waals surface area contributed by atoms with E-state index in [2.05, 4.69) is 24.3 Å². The third-order valence-corrected chi connectivity index (χ3v) is 2.98. The van der Waals surface area contributed by atoms with Crippen molar-refractivity contribution in [2.75, 3.05) is 0 Å². The minimum atomic E-state index is 0.0321. The molecule has 2 aromatic rings. The summed E-state index contributed by atoms with van der Waals surface area (Å²) < 4.78 is 5.86. The van der Waals surface area contributed by atoms with Crippen molar-refractivity contribution < 1.29 is 4.74 Å². The predicted octanol–water partition coefficient (Wildman–Crippen LogP) is 3.59. The average Bonchev–Trinajstić information content (AvgIpc) is 2.38. The highest BCUT2D eigenvalue weighted by Crippen LogP contribution is 2.23. The summed E-state index contributed by atoms with van der Waals surface area (Å²) in [5, 5.41) is 0. The van der Waals surface area contributed by atoms with Crippen LogP contribution >= 0.6 is 0 Å². The van der Waals surface area contributed by atoms with Crippen LogP contribution in [-0.2, 0) is 6.61 Å². The highest BCUT2D eigenvalue weighted by Gasteiger charge is 2.05. The number of hydrogen-bond acceptors (Lipinski definition) is 2. The maximum Gasteiger partial charge on any atom is 0.123 e. The molecule has 2 nitrogen and oxygen atoms in total. The maximum atomic E-state index is 5.88. The van der Waals surface area contributed by atoms with Gasteiger partial charge in [-0.15, -0.1) is 0 Å². The first-order valence-electron chi connectivity index (χ1n) is 6.19. The Morgan fingerprint density at radius 1 is 1.11 bits per heavy atom. The van der Waals surface area contributed by atoms with Gasteiger partial charge < -0.3 is 10.5 Å². The monoisotopic (exact) mass is 241 g/mol. The van der Waals surface area contributed by atoms with Crippen LogP contribution in [0, 0.1) is 6.92 Å². The standard InChI is InChI=1S/C16H19NO/c1-12-8-9-15(13(2)17)10-16(12)18-11-14-6-4-3-5-7-14/h3-10,13H,11,17H2,1-2H3. The maximum absolute atomic E-state index is 5.88. The zero-order chi connectivity index (χ0) is 13.0. The zero-order valence-electron chi connectivity index (χ0n) is 10.9. The molecule has 0 spiro atoms. The van der Waals surface area contributed by atoms with E-state index in [1.54, 1.807) is 0 Å². The second-order valence-corrected chi connectivity index (χ2v) is 4.59. The summed E-state index contributed by atoms with van der Waals surface area (Å²) in [7, 11) is 0. The molecule has 0 saturated heterocycles. The summed E-state index contributed by atoms with van der Waals surface area (Å²) in [5.74, 6) is 0.911. The molecule has 0 fully saturated rings. The number of hydrogen-bond donors (Lipinski definition) is 1. The Labute approximate surface area is 108 Å². The predicted molar refractivity (Wildman–Crippen MR) is 74.6 cm³/mol. The van der Waals surface area contributed by atoms with Crippen molar-refractivity contribution in [2.45, 2.75) is 26.5 Å². The van der Waals surface area contributed by atoms with E-state index < -0.39 is 0 Å². The molecule has 2 heteroatoms. The molecule has 0 amide bonds. The molecule has 2 N–H and O–H groups in total. The molecule has 18 heavy (non-hydrogen) atoms. The summed E-state index contributed by atoms with van der Waals surface area (Å²) in [6.07, 6.45) is 0. The molecule has 2 rings (SSSR count). The molecule has 2 aromatic carbocycles. The lowest BCUT2D eigenvalue weighted by atomic mass is 10.1. The van der Waals surface area contributed by atoms with Gasteiger partial charge in [0, 0.05) is 6.04 Å². The van der Waals surface area contributed by atoms with Gasteiger partial charge >= 0.3 is 0 Å². The first kappa shape index (κ1) is 12.7. The van der Waals surface area contributed by atoms with Gasteiger partial charge in [0.1, 0.15) is 12.4 Å². The van der Waals surface area contributed by atoms with Crippen molar-refractivity contribution in [3.8, 4) is 5.75 Å². The Morgan fingerprint density at radius 2 is 1.83 bits per heavy atom. The number of benzene rings is 2. The highest BCUT2D eigenvalue weighted by atomic mass is 16.5. The largest absolute Gasteiger partial charge is 0.489 e. The molecular weight excluding hydrogens is 222 g/mol. The molecule has 0 aliphatic heterocycles. The van der Waals surface area contributed by atoms with Gasteiger partial charge in [-0.3, -0.25) is 0 Å². The second-order valence-electron chi connectivity index (χ2n) is 4.59. The van der Waals surface area contributed by atoms with E-state index in [1.807, 2.05) is 38.1 Å². The van der Waals surface area contributed by atoms with E-state index in [-0.39, 0.29) is 6.04 Å². The molecule has 0 radical (unpaired) electrons. The molecule has 0 aliphatic carbocycles. The Hall–Kier alpha value is -1.80. The molecule has 1 atom stereocenters. The number of aryl methyl sites for hydroxylation is 1. The summed E-state index contributed by atoms with van der Waals surface area (Å²) in [4.78, 5) is 0. The molecule has 1 unspecified atom stereocenters. The van der Waals surface area contributed by atoms with E-state index in [1.165, 1.54) is 5.56 Å². The van der Waals surface area contributed by atoms with Crippen molar-refractivity contribution in [3.63, 3.8) is 0 Å². The molecule has 0 saturated carbocycles. The summed E-state index contributed by atoms with van der Waals surface area (Å²) in [6, 6.07) is 16.3. The van der Waals surface area contributed by atoms with E-state index >= 15 is 0 Å². The normalized spacial score (nSPS) is 12.2. The van der Waals surface area contributed by atoms with E-state index in [9.17, 15) is 0 Å². The fourth-order valence-corrected chi connectivity index (χ4v) is 1.79. The quantitative estimate of drug-likeness (QED) is 0.887. The molecule has 0 aliphatic rings. The fourth-order valence-electron chi connectivity index (χ4n) is 1.79. The number of rotatable bonds is 4. The minimum absolute atomic E-state index is 0.0321. The van der Waals surface area contributed by atoms with Crippen LogP contribution in [-0.4, -0.2) is 0 Å².